The molecule has 2 N–H and O–H groups in total. The van der Waals surface area contributed by atoms with Crippen molar-refractivity contribution in [1.29, 1.82) is 0 Å². The van der Waals surface area contributed by atoms with E-state index in [2.05, 4.69) is 70.5 Å². The highest BCUT2D eigenvalue weighted by Crippen LogP contribution is 2.34. The summed E-state index contributed by atoms with van der Waals surface area (Å²) in [6.45, 7) is 5.76. The lowest BCUT2D eigenvalue weighted by atomic mass is 9.90. The number of phenols is 2. The molecule has 5 nitrogen and oxygen atoms in total. The highest BCUT2D eigenvalue weighted by molar-refractivity contribution is 5.93. The number of piperazine rings is 1. The molecule has 5 heteroatoms. The summed E-state index contributed by atoms with van der Waals surface area (Å²) in [5.74, 6) is 1.39. The van der Waals surface area contributed by atoms with E-state index in [-0.39, 0.29) is 11.5 Å². The molecule has 0 aromatic heterocycles. The number of hydrogen-bond donors (Lipinski definition) is 2. The Hall–Kier alpha value is -4.48. The summed E-state index contributed by atoms with van der Waals surface area (Å²) in [6, 6.07) is 36.0. The highest BCUT2D eigenvalue weighted by atomic mass is 16.5. The summed E-state index contributed by atoms with van der Waals surface area (Å²) in [5, 5.41) is 21.9. The summed E-state index contributed by atoms with van der Waals surface area (Å²) in [6.07, 6.45) is 0.740. The van der Waals surface area contributed by atoms with Gasteiger partial charge in [-0.05, 0) is 88.0 Å². The lowest BCUT2D eigenvalue weighted by molar-refractivity contribution is 0.200. The van der Waals surface area contributed by atoms with E-state index in [9.17, 15) is 10.2 Å². The summed E-state index contributed by atoms with van der Waals surface area (Å²) in [4.78, 5) is 4.92. The van der Waals surface area contributed by atoms with E-state index in [0.717, 1.165) is 66.8 Å². The van der Waals surface area contributed by atoms with Crippen molar-refractivity contribution in [3.8, 4) is 28.4 Å². The molecule has 1 aliphatic rings. The van der Waals surface area contributed by atoms with Gasteiger partial charge in [-0.1, -0.05) is 60.7 Å². The summed E-state index contributed by atoms with van der Waals surface area (Å²) >= 11 is 0. The fraction of sp³-hybridized carbons (Fsp3) is 0.200. The Balaban J connectivity index is 1.10. The van der Waals surface area contributed by atoms with E-state index in [1.165, 1.54) is 16.8 Å². The molecular formula is C35H34N2O3. The first-order valence-corrected chi connectivity index (χ1v) is 13.9. The van der Waals surface area contributed by atoms with Crippen molar-refractivity contribution in [2.45, 2.75) is 6.42 Å². The number of para-hydroxylation sites is 1. The van der Waals surface area contributed by atoms with Gasteiger partial charge in [-0.2, -0.15) is 0 Å². The van der Waals surface area contributed by atoms with Crippen LogP contribution < -0.4 is 9.64 Å². The maximum atomic E-state index is 10.0. The molecule has 0 bridgehead atoms. The van der Waals surface area contributed by atoms with Crippen LogP contribution >= 0.6 is 0 Å². The van der Waals surface area contributed by atoms with Gasteiger partial charge in [0.2, 0.25) is 0 Å². The zero-order valence-electron chi connectivity index (χ0n) is 22.5. The van der Waals surface area contributed by atoms with Gasteiger partial charge < -0.3 is 19.8 Å². The normalized spacial score (nSPS) is 13.9. The van der Waals surface area contributed by atoms with Gasteiger partial charge in [0.05, 0.1) is 0 Å². The number of anilines is 1. The minimum absolute atomic E-state index is 0.251. The topological polar surface area (TPSA) is 56.2 Å². The zero-order chi connectivity index (χ0) is 27.3. The van der Waals surface area contributed by atoms with Gasteiger partial charge in [0.15, 0.2) is 0 Å². The number of hydrogen-bond acceptors (Lipinski definition) is 5. The van der Waals surface area contributed by atoms with Crippen LogP contribution in [0.25, 0.3) is 21.9 Å². The molecule has 0 aliphatic carbocycles. The lowest BCUT2D eigenvalue weighted by Gasteiger charge is -2.36. The molecule has 0 atom stereocenters. The summed E-state index contributed by atoms with van der Waals surface area (Å²) < 4.78 is 6.11. The van der Waals surface area contributed by atoms with Crippen LogP contribution in [0.15, 0.2) is 109 Å². The number of fused-ring (bicyclic) bond motifs is 1. The predicted molar refractivity (Wildman–Crippen MR) is 163 cm³/mol. The van der Waals surface area contributed by atoms with Gasteiger partial charge >= 0.3 is 0 Å². The van der Waals surface area contributed by atoms with Crippen LogP contribution in [-0.2, 0) is 6.42 Å². The molecule has 5 aromatic carbocycles. The minimum atomic E-state index is 0.251. The minimum Gasteiger partial charge on any atom is -0.508 e. The van der Waals surface area contributed by atoms with E-state index in [4.69, 9.17) is 4.74 Å². The Morgan fingerprint density at radius 1 is 0.675 bits per heavy atom. The van der Waals surface area contributed by atoms with Crippen LogP contribution in [-0.4, -0.2) is 54.4 Å². The van der Waals surface area contributed by atoms with Gasteiger partial charge in [0, 0.05) is 38.4 Å². The van der Waals surface area contributed by atoms with E-state index in [0.29, 0.717) is 6.61 Å². The molecule has 1 aliphatic heterocycles. The second-order valence-corrected chi connectivity index (χ2v) is 10.4. The second kappa shape index (κ2) is 11.7. The Bertz CT molecular complexity index is 1560. The Kier molecular flexibility index (Phi) is 7.56. The molecule has 0 radical (unpaired) electrons. The monoisotopic (exact) mass is 530 g/mol. The number of benzene rings is 5. The van der Waals surface area contributed by atoms with Crippen LogP contribution in [0.4, 0.5) is 5.69 Å². The van der Waals surface area contributed by atoms with Crippen molar-refractivity contribution < 1.29 is 14.9 Å². The average molecular weight is 531 g/mol. The first kappa shape index (κ1) is 25.8. The molecule has 1 fully saturated rings. The van der Waals surface area contributed by atoms with Crippen LogP contribution in [0.5, 0.6) is 17.2 Å². The van der Waals surface area contributed by atoms with Crippen molar-refractivity contribution in [3.05, 3.63) is 120 Å². The third-order valence-corrected chi connectivity index (χ3v) is 7.77. The zero-order valence-corrected chi connectivity index (χ0v) is 22.5. The Morgan fingerprint density at radius 2 is 1.40 bits per heavy atom. The van der Waals surface area contributed by atoms with Crippen LogP contribution in [0.1, 0.15) is 11.1 Å². The molecule has 0 amide bonds. The number of ether oxygens (including phenoxy) is 1. The maximum Gasteiger partial charge on any atom is 0.119 e. The van der Waals surface area contributed by atoms with E-state index in [1.807, 2.05) is 24.3 Å². The molecule has 1 heterocycles. The molecule has 1 saturated heterocycles. The molecule has 6 rings (SSSR count). The van der Waals surface area contributed by atoms with Gasteiger partial charge in [0.1, 0.15) is 23.9 Å². The van der Waals surface area contributed by atoms with Gasteiger partial charge in [-0.3, -0.25) is 4.90 Å². The Labute approximate surface area is 235 Å². The quantitative estimate of drug-likeness (QED) is 0.234. The van der Waals surface area contributed by atoms with Crippen molar-refractivity contribution >= 4 is 16.5 Å². The summed E-state index contributed by atoms with van der Waals surface area (Å²) in [5.41, 5.74) is 5.84. The maximum absolute atomic E-state index is 10.0. The van der Waals surface area contributed by atoms with Crippen molar-refractivity contribution in [2.75, 3.05) is 44.2 Å². The number of nitrogens with zero attached hydrogens (tertiary/aromatic N) is 2. The lowest BCUT2D eigenvalue weighted by Crippen LogP contribution is -2.47. The number of rotatable bonds is 8. The fourth-order valence-corrected chi connectivity index (χ4v) is 5.55. The smallest absolute Gasteiger partial charge is 0.119 e. The Morgan fingerprint density at radius 3 is 2.15 bits per heavy atom. The molecule has 0 unspecified atom stereocenters. The number of phenolic OH excluding ortho intramolecular Hbond substituents is 2. The average Bonchev–Trinajstić information content (AvgIpc) is 2.99. The molecule has 0 spiro atoms. The predicted octanol–water partition coefficient (Wildman–Crippen LogP) is 6.71. The third-order valence-electron chi connectivity index (χ3n) is 7.77. The van der Waals surface area contributed by atoms with Gasteiger partial charge in [0.25, 0.3) is 0 Å². The van der Waals surface area contributed by atoms with Crippen molar-refractivity contribution in [2.24, 2.45) is 0 Å². The van der Waals surface area contributed by atoms with Crippen LogP contribution in [0.2, 0.25) is 0 Å². The van der Waals surface area contributed by atoms with E-state index >= 15 is 0 Å². The highest BCUT2D eigenvalue weighted by Gasteiger charge is 2.17. The van der Waals surface area contributed by atoms with Crippen molar-refractivity contribution in [3.63, 3.8) is 0 Å². The molecule has 40 heavy (non-hydrogen) atoms. The molecule has 202 valence electrons. The largest absolute Gasteiger partial charge is 0.508 e. The van der Waals surface area contributed by atoms with Crippen LogP contribution in [0.3, 0.4) is 0 Å². The SMILES string of the molecule is Oc1ccc(-c2ccc3cc(O)ccc3c2Cc2ccc(OCCN3CCN(c4ccccc4)CC3)cc2)cc1. The van der Waals surface area contributed by atoms with Gasteiger partial charge in [-0.25, -0.2) is 0 Å². The standard InChI is InChI=1S/C35H34N2O3/c38-30-11-8-27(9-12-30)33-16-10-28-25-31(39)13-17-34(28)35(33)24-26-6-14-32(15-7-26)40-23-22-36-18-20-37(21-19-36)29-4-2-1-3-5-29/h1-17,25,38-39H,18-24H2. The molecule has 0 saturated carbocycles. The third kappa shape index (κ3) is 5.90. The first-order chi connectivity index (χ1) is 19.6. The first-order valence-electron chi connectivity index (χ1n) is 13.9. The molecular weight excluding hydrogens is 496 g/mol. The fourth-order valence-electron chi connectivity index (χ4n) is 5.55. The molecule has 5 aromatic rings. The van der Waals surface area contributed by atoms with E-state index < -0.39 is 0 Å². The van der Waals surface area contributed by atoms with Crippen LogP contribution in [0, 0.1) is 0 Å². The second-order valence-electron chi connectivity index (χ2n) is 10.4. The van der Waals surface area contributed by atoms with Crippen molar-refractivity contribution in [1.82, 2.24) is 4.90 Å². The van der Waals surface area contributed by atoms with Gasteiger partial charge in [-0.15, -0.1) is 0 Å². The number of aromatic hydroxyl groups is 2. The van der Waals surface area contributed by atoms with E-state index in [1.54, 1.807) is 24.3 Å². The summed E-state index contributed by atoms with van der Waals surface area (Å²) in [7, 11) is 0.